The molecule has 5 nitrogen and oxygen atoms in total. The first-order chi connectivity index (χ1) is 10.2. The molecule has 3 rings (SSSR count). The summed E-state index contributed by atoms with van der Waals surface area (Å²) in [5, 5.41) is 4.02. The van der Waals surface area contributed by atoms with E-state index in [2.05, 4.69) is 26.3 Å². The van der Waals surface area contributed by atoms with Crippen molar-refractivity contribution in [2.45, 2.75) is 19.8 Å². The molecule has 1 atom stereocenters. The average Bonchev–Trinajstić information content (AvgIpc) is 2.52. The van der Waals surface area contributed by atoms with E-state index in [0.29, 0.717) is 5.92 Å². The number of carbonyl (C=O) groups excluding carboxylic acids is 1. The number of fused-ring (bicyclic) bond motifs is 1. The summed E-state index contributed by atoms with van der Waals surface area (Å²) in [7, 11) is 0. The van der Waals surface area contributed by atoms with E-state index in [4.69, 9.17) is 0 Å². The molecule has 0 saturated carbocycles. The largest absolute Gasteiger partial charge is 0.356 e. The van der Waals surface area contributed by atoms with E-state index >= 15 is 0 Å². The van der Waals surface area contributed by atoms with Gasteiger partial charge in [0.25, 0.3) is 0 Å². The van der Waals surface area contributed by atoms with Crippen molar-refractivity contribution in [1.29, 1.82) is 0 Å². The summed E-state index contributed by atoms with van der Waals surface area (Å²) in [6.07, 6.45) is 3.91. The Balaban J connectivity index is 1.80. The predicted octanol–water partition coefficient (Wildman–Crippen LogP) is 1.98. The molecule has 5 heteroatoms. The molecule has 1 unspecified atom stereocenters. The lowest BCUT2D eigenvalue weighted by atomic mass is 9.97. The number of hydrogen-bond acceptors (Lipinski definition) is 4. The van der Waals surface area contributed by atoms with Crippen LogP contribution < -0.4 is 10.2 Å². The van der Waals surface area contributed by atoms with Crippen LogP contribution in [0.25, 0.3) is 10.9 Å². The van der Waals surface area contributed by atoms with Gasteiger partial charge in [0.15, 0.2) is 0 Å². The molecule has 1 aliphatic heterocycles. The van der Waals surface area contributed by atoms with Crippen molar-refractivity contribution in [3.63, 3.8) is 0 Å². The highest BCUT2D eigenvalue weighted by molar-refractivity contribution is 5.89. The van der Waals surface area contributed by atoms with Gasteiger partial charge in [-0.3, -0.25) is 4.79 Å². The zero-order valence-electron chi connectivity index (χ0n) is 12.2. The van der Waals surface area contributed by atoms with Crippen molar-refractivity contribution in [2.24, 2.45) is 5.92 Å². The molecule has 1 fully saturated rings. The van der Waals surface area contributed by atoms with E-state index in [0.717, 1.165) is 49.2 Å². The highest BCUT2D eigenvalue weighted by atomic mass is 16.1. The fourth-order valence-corrected chi connectivity index (χ4v) is 2.95. The molecule has 1 saturated heterocycles. The minimum atomic E-state index is 0.0413. The first kappa shape index (κ1) is 13.8. The Hall–Kier alpha value is -2.17. The van der Waals surface area contributed by atoms with Crippen molar-refractivity contribution in [1.82, 2.24) is 15.3 Å². The highest BCUT2D eigenvalue weighted by Crippen LogP contribution is 2.26. The Labute approximate surface area is 124 Å². The van der Waals surface area contributed by atoms with E-state index in [9.17, 15) is 4.79 Å². The molecule has 1 amide bonds. The normalized spacial score (nSPS) is 18.7. The zero-order valence-corrected chi connectivity index (χ0v) is 12.2. The molecule has 0 aliphatic carbocycles. The van der Waals surface area contributed by atoms with Gasteiger partial charge in [0.1, 0.15) is 12.1 Å². The van der Waals surface area contributed by atoms with Gasteiger partial charge >= 0.3 is 0 Å². The third-order valence-electron chi connectivity index (χ3n) is 3.98. The summed E-state index contributed by atoms with van der Waals surface area (Å²) in [5.41, 5.74) is 0.978. The summed E-state index contributed by atoms with van der Waals surface area (Å²) in [5.74, 6) is 1.53. The van der Waals surface area contributed by atoms with E-state index in [-0.39, 0.29) is 5.91 Å². The fourth-order valence-electron chi connectivity index (χ4n) is 2.95. The van der Waals surface area contributed by atoms with Gasteiger partial charge in [0, 0.05) is 31.9 Å². The van der Waals surface area contributed by atoms with Crippen LogP contribution in [0.3, 0.4) is 0 Å². The third-order valence-corrected chi connectivity index (χ3v) is 3.98. The van der Waals surface area contributed by atoms with Crippen LogP contribution in [0.2, 0.25) is 0 Å². The Morgan fingerprint density at radius 1 is 1.38 bits per heavy atom. The standard InChI is InChI=1S/C16H20N4O/c1-12(21)17-9-13-5-4-8-20(10-13)16-14-6-2-3-7-15(14)18-11-19-16/h2-3,6-7,11,13H,4-5,8-10H2,1H3,(H,17,21). The van der Waals surface area contributed by atoms with Crippen LogP contribution in [0.15, 0.2) is 30.6 Å². The summed E-state index contributed by atoms with van der Waals surface area (Å²) < 4.78 is 0. The summed E-state index contributed by atoms with van der Waals surface area (Å²) in [4.78, 5) is 22.2. The maximum absolute atomic E-state index is 11.1. The highest BCUT2D eigenvalue weighted by Gasteiger charge is 2.22. The molecule has 2 heterocycles. The maximum atomic E-state index is 11.1. The minimum Gasteiger partial charge on any atom is -0.356 e. The second kappa shape index (κ2) is 6.08. The monoisotopic (exact) mass is 284 g/mol. The lowest BCUT2D eigenvalue weighted by Gasteiger charge is -2.34. The molecule has 1 aliphatic rings. The van der Waals surface area contributed by atoms with E-state index in [1.807, 2.05) is 18.2 Å². The second-order valence-electron chi connectivity index (χ2n) is 5.61. The smallest absolute Gasteiger partial charge is 0.216 e. The number of para-hydroxylation sites is 1. The number of aromatic nitrogens is 2. The van der Waals surface area contributed by atoms with Gasteiger partial charge in [-0.05, 0) is 30.9 Å². The Morgan fingerprint density at radius 2 is 2.24 bits per heavy atom. The first-order valence-corrected chi connectivity index (χ1v) is 7.43. The topological polar surface area (TPSA) is 58.1 Å². The summed E-state index contributed by atoms with van der Waals surface area (Å²) in [6.45, 7) is 4.26. The van der Waals surface area contributed by atoms with Crippen LogP contribution in [-0.4, -0.2) is 35.5 Å². The number of hydrogen-bond donors (Lipinski definition) is 1. The minimum absolute atomic E-state index is 0.0413. The van der Waals surface area contributed by atoms with Crippen molar-refractivity contribution >= 4 is 22.6 Å². The molecule has 2 aromatic rings. The number of piperidine rings is 1. The van der Waals surface area contributed by atoms with Gasteiger partial charge in [-0.2, -0.15) is 0 Å². The average molecular weight is 284 g/mol. The second-order valence-corrected chi connectivity index (χ2v) is 5.61. The fraction of sp³-hybridized carbons (Fsp3) is 0.438. The Morgan fingerprint density at radius 3 is 3.10 bits per heavy atom. The number of anilines is 1. The third kappa shape index (κ3) is 3.12. The van der Waals surface area contributed by atoms with Crippen LogP contribution in [0.4, 0.5) is 5.82 Å². The molecule has 1 aromatic carbocycles. The molecular weight excluding hydrogens is 264 g/mol. The molecule has 110 valence electrons. The molecule has 21 heavy (non-hydrogen) atoms. The lowest BCUT2D eigenvalue weighted by molar-refractivity contribution is -0.119. The summed E-state index contributed by atoms with van der Waals surface area (Å²) in [6, 6.07) is 8.10. The van der Waals surface area contributed by atoms with Crippen molar-refractivity contribution in [3.05, 3.63) is 30.6 Å². The van der Waals surface area contributed by atoms with Crippen LogP contribution in [0.1, 0.15) is 19.8 Å². The van der Waals surface area contributed by atoms with E-state index in [1.165, 1.54) is 0 Å². The van der Waals surface area contributed by atoms with Crippen LogP contribution in [-0.2, 0) is 4.79 Å². The molecule has 1 aromatic heterocycles. The van der Waals surface area contributed by atoms with Crippen molar-refractivity contribution < 1.29 is 4.79 Å². The quantitative estimate of drug-likeness (QED) is 0.936. The predicted molar refractivity (Wildman–Crippen MR) is 83.2 cm³/mol. The summed E-state index contributed by atoms with van der Waals surface area (Å²) >= 11 is 0. The molecular formula is C16H20N4O. The van der Waals surface area contributed by atoms with E-state index in [1.54, 1.807) is 13.3 Å². The van der Waals surface area contributed by atoms with Crippen LogP contribution in [0.5, 0.6) is 0 Å². The van der Waals surface area contributed by atoms with E-state index < -0.39 is 0 Å². The number of benzene rings is 1. The molecule has 1 N–H and O–H groups in total. The van der Waals surface area contributed by atoms with Crippen molar-refractivity contribution in [2.75, 3.05) is 24.5 Å². The van der Waals surface area contributed by atoms with Crippen molar-refractivity contribution in [3.8, 4) is 0 Å². The van der Waals surface area contributed by atoms with Gasteiger partial charge in [0.05, 0.1) is 5.52 Å². The Kier molecular flexibility index (Phi) is 3.99. The number of carbonyl (C=O) groups is 1. The molecule has 0 spiro atoms. The first-order valence-electron chi connectivity index (χ1n) is 7.43. The SMILES string of the molecule is CC(=O)NCC1CCCN(c2ncnc3ccccc23)C1. The van der Waals surface area contributed by atoms with Gasteiger partial charge in [-0.1, -0.05) is 12.1 Å². The number of nitrogens with zero attached hydrogens (tertiary/aromatic N) is 3. The Bertz CT molecular complexity index is 638. The number of nitrogens with one attached hydrogen (secondary N) is 1. The van der Waals surface area contributed by atoms with Gasteiger partial charge < -0.3 is 10.2 Å². The number of rotatable bonds is 3. The molecule has 0 radical (unpaired) electrons. The number of amides is 1. The van der Waals surface area contributed by atoms with Gasteiger partial charge in [0.2, 0.25) is 5.91 Å². The van der Waals surface area contributed by atoms with Crippen LogP contribution in [0, 0.1) is 5.92 Å². The van der Waals surface area contributed by atoms with Gasteiger partial charge in [-0.15, -0.1) is 0 Å². The lowest BCUT2D eigenvalue weighted by Crippen LogP contribution is -2.41. The zero-order chi connectivity index (χ0) is 14.7. The molecule has 0 bridgehead atoms. The van der Waals surface area contributed by atoms with Crippen LogP contribution >= 0.6 is 0 Å². The maximum Gasteiger partial charge on any atom is 0.216 e. The van der Waals surface area contributed by atoms with Gasteiger partial charge in [-0.25, -0.2) is 9.97 Å².